The van der Waals surface area contributed by atoms with Crippen LogP contribution in [0.3, 0.4) is 0 Å². The number of hydrogen-bond donors (Lipinski definition) is 0. The first kappa shape index (κ1) is 16.7. The maximum atomic E-state index is 12.3. The molecular formula is C17H26O3. The summed E-state index contributed by atoms with van der Waals surface area (Å²) in [6.07, 6.45) is 4.74. The lowest BCUT2D eigenvalue weighted by molar-refractivity contribution is -0.145. The molecule has 112 valence electrons. The van der Waals surface area contributed by atoms with Crippen molar-refractivity contribution in [3.63, 3.8) is 0 Å². The molecule has 0 saturated heterocycles. The number of ketones is 1. The fourth-order valence-corrected chi connectivity index (χ4v) is 2.53. The van der Waals surface area contributed by atoms with E-state index in [1.54, 1.807) is 0 Å². The molecule has 0 radical (unpaired) electrons. The van der Waals surface area contributed by atoms with Gasteiger partial charge in [0.2, 0.25) is 0 Å². The van der Waals surface area contributed by atoms with Crippen molar-refractivity contribution in [2.24, 2.45) is 5.92 Å². The Bertz CT molecular complexity index is 439. The van der Waals surface area contributed by atoms with Crippen LogP contribution in [-0.2, 0) is 14.3 Å². The van der Waals surface area contributed by atoms with E-state index in [4.69, 9.17) is 4.74 Å². The largest absolute Gasteiger partial charge is 0.458 e. The van der Waals surface area contributed by atoms with Gasteiger partial charge in [0.25, 0.3) is 0 Å². The van der Waals surface area contributed by atoms with Crippen molar-refractivity contribution >= 4 is 11.8 Å². The highest BCUT2D eigenvalue weighted by Gasteiger charge is 2.24. The van der Waals surface area contributed by atoms with Gasteiger partial charge in [0.1, 0.15) is 11.9 Å². The van der Waals surface area contributed by atoms with E-state index in [0.29, 0.717) is 12.8 Å². The van der Waals surface area contributed by atoms with Crippen molar-refractivity contribution in [3.8, 4) is 0 Å². The van der Waals surface area contributed by atoms with Crippen LogP contribution in [0, 0.1) is 5.92 Å². The lowest BCUT2D eigenvalue weighted by atomic mass is 9.87. The SMILES string of the molecule is CC(=O)OC1C/C(C)=C/CCC(C)C(=O)CC1=C(C)C. The van der Waals surface area contributed by atoms with Gasteiger partial charge in [-0.1, -0.05) is 24.1 Å². The average Bonchev–Trinajstić information content (AvgIpc) is 2.32. The zero-order chi connectivity index (χ0) is 15.3. The molecule has 3 nitrogen and oxygen atoms in total. The van der Waals surface area contributed by atoms with Crippen LogP contribution in [0.15, 0.2) is 22.8 Å². The van der Waals surface area contributed by atoms with Crippen molar-refractivity contribution in [1.29, 1.82) is 0 Å². The summed E-state index contributed by atoms with van der Waals surface area (Å²) in [4.78, 5) is 23.6. The van der Waals surface area contributed by atoms with Gasteiger partial charge in [-0.2, -0.15) is 0 Å². The number of allylic oxidation sites excluding steroid dienone is 2. The first-order valence-electron chi connectivity index (χ1n) is 7.33. The normalized spacial score (nSPS) is 27.6. The van der Waals surface area contributed by atoms with Gasteiger partial charge < -0.3 is 4.74 Å². The second-order valence-electron chi connectivity index (χ2n) is 6.00. The first-order chi connectivity index (χ1) is 9.31. The minimum absolute atomic E-state index is 0.0597. The highest BCUT2D eigenvalue weighted by atomic mass is 16.5. The molecular weight excluding hydrogens is 252 g/mol. The van der Waals surface area contributed by atoms with Crippen LogP contribution in [0.1, 0.15) is 60.3 Å². The predicted octanol–water partition coefficient (Wildman–Crippen LogP) is 3.98. The molecule has 2 atom stereocenters. The van der Waals surface area contributed by atoms with Gasteiger partial charge in [-0.25, -0.2) is 0 Å². The maximum absolute atomic E-state index is 12.3. The van der Waals surface area contributed by atoms with Gasteiger partial charge in [-0.15, -0.1) is 0 Å². The number of rotatable bonds is 1. The van der Waals surface area contributed by atoms with E-state index in [9.17, 15) is 9.59 Å². The van der Waals surface area contributed by atoms with Crippen LogP contribution >= 0.6 is 0 Å². The highest BCUT2D eigenvalue weighted by Crippen LogP contribution is 2.27. The molecule has 0 spiro atoms. The number of esters is 1. The topological polar surface area (TPSA) is 43.4 Å². The fourth-order valence-electron chi connectivity index (χ4n) is 2.53. The molecule has 20 heavy (non-hydrogen) atoms. The molecule has 3 heteroatoms. The Morgan fingerprint density at radius 3 is 2.50 bits per heavy atom. The van der Waals surface area contributed by atoms with Crippen LogP contribution in [0.5, 0.6) is 0 Å². The van der Waals surface area contributed by atoms with Crippen molar-refractivity contribution in [3.05, 3.63) is 22.8 Å². The molecule has 0 aromatic carbocycles. The number of carbonyl (C=O) groups excluding carboxylic acids is 2. The van der Waals surface area contributed by atoms with E-state index in [0.717, 1.165) is 24.0 Å². The Hall–Kier alpha value is -1.38. The maximum Gasteiger partial charge on any atom is 0.303 e. The van der Waals surface area contributed by atoms with E-state index in [1.165, 1.54) is 12.5 Å². The summed E-state index contributed by atoms with van der Waals surface area (Å²) in [6, 6.07) is 0. The quantitative estimate of drug-likeness (QED) is 0.538. The van der Waals surface area contributed by atoms with Gasteiger partial charge in [-0.3, -0.25) is 9.59 Å². The standard InChI is InChI=1S/C17H26O3/c1-11(2)15-10-16(19)13(4)8-6-7-12(3)9-17(15)20-14(5)18/h7,13,17H,6,8-10H2,1-5H3/b12-7+. The van der Waals surface area contributed by atoms with Crippen molar-refractivity contribution < 1.29 is 14.3 Å². The summed E-state index contributed by atoms with van der Waals surface area (Å²) in [7, 11) is 0. The van der Waals surface area contributed by atoms with Crippen molar-refractivity contribution in [2.45, 2.75) is 66.4 Å². The Labute approximate surface area is 122 Å². The van der Waals surface area contributed by atoms with Gasteiger partial charge in [0.15, 0.2) is 0 Å². The van der Waals surface area contributed by atoms with E-state index in [-0.39, 0.29) is 23.8 Å². The van der Waals surface area contributed by atoms with Crippen LogP contribution in [0.4, 0.5) is 0 Å². The zero-order valence-electron chi connectivity index (χ0n) is 13.3. The molecule has 0 saturated carbocycles. The van der Waals surface area contributed by atoms with Gasteiger partial charge in [0, 0.05) is 25.7 Å². The molecule has 0 aromatic rings. The first-order valence-corrected chi connectivity index (χ1v) is 7.33. The van der Waals surface area contributed by atoms with E-state index in [1.807, 2.05) is 20.8 Å². The number of hydrogen-bond acceptors (Lipinski definition) is 3. The molecule has 0 fully saturated rings. The molecule has 0 N–H and O–H groups in total. The molecule has 0 bridgehead atoms. The van der Waals surface area contributed by atoms with Gasteiger partial charge >= 0.3 is 5.97 Å². The van der Waals surface area contributed by atoms with E-state index < -0.39 is 0 Å². The molecule has 0 heterocycles. The summed E-state index contributed by atoms with van der Waals surface area (Å²) in [5.74, 6) is 0.00916. The number of ether oxygens (including phenoxy) is 1. The third-order valence-electron chi connectivity index (χ3n) is 3.85. The van der Waals surface area contributed by atoms with Gasteiger partial charge in [-0.05, 0) is 39.2 Å². The van der Waals surface area contributed by atoms with Crippen LogP contribution in [0.2, 0.25) is 0 Å². The third kappa shape index (κ3) is 4.95. The average molecular weight is 278 g/mol. The summed E-state index contributed by atoms with van der Waals surface area (Å²) in [6.45, 7) is 9.43. The van der Waals surface area contributed by atoms with Crippen molar-refractivity contribution in [2.75, 3.05) is 0 Å². The number of Topliss-reactive ketones (excluding diaryl/α,β-unsaturated/α-hetero) is 1. The lowest BCUT2D eigenvalue weighted by Gasteiger charge is -2.24. The van der Waals surface area contributed by atoms with Crippen molar-refractivity contribution in [1.82, 2.24) is 0 Å². The third-order valence-corrected chi connectivity index (χ3v) is 3.85. The lowest BCUT2D eigenvalue weighted by Crippen LogP contribution is -2.24. The van der Waals surface area contributed by atoms with E-state index >= 15 is 0 Å². The molecule has 1 aliphatic rings. The summed E-state index contributed by atoms with van der Waals surface area (Å²) >= 11 is 0. The summed E-state index contributed by atoms with van der Waals surface area (Å²) < 4.78 is 5.46. The Morgan fingerprint density at radius 2 is 1.95 bits per heavy atom. The minimum atomic E-state index is -0.303. The summed E-state index contributed by atoms with van der Waals surface area (Å²) in [5, 5.41) is 0. The minimum Gasteiger partial charge on any atom is -0.458 e. The Morgan fingerprint density at radius 1 is 1.30 bits per heavy atom. The fraction of sp³-hybridized carbons (Fsp3) is 0.647. The number of carbonyl (C=O) groups is 2. The Kier molecular flexibility index (Phi) is 6.18. The monoisotopic (exact) mass is 278 g/mol. The molecule has 0 aromatic heterocycles. The smallest absolute Gasteiger partial charge is 0.303 e. The van der Waals surface area contributed by atoms with Crippen LogP contribution < -0.4 is 0 Å². The molecule has 1 aliphatic carbocycles. The van der Waals surface area contributed by atoms with Crippen LogP contribution in [0.25, 0.3) is 0 Å². The Balaban J connectivity index is 3.12. The molecule has 2 unspecified atom stereocenters. The van der Waals surface area contributed by atoms with E-state index in [2.05, 4.69) is 13.0 Å². The highest BCUT2D eigenvalue weighted by molar-refractivity contribution is 5.83. The summed E-state index contributed by atoms with van der Waals surface area (Å²) in [5.41, 5.74) is 3.26. The second kappa shape index (κ2) is 7.41. The van der Waals surface area contributed by atoms with Gasteiger partial charge in [0.05, 0.1) is 0 Å². The second-order valence-corrected chi connectivity index (χ2v) is 6.00. The van der Waals surface area contributed by atoms with Crippen LogP contribution in [-0.4, -0.2) is 17.9 Å². The molecule has 0 aliphatic heterocycles. The zero-order valence-corrected chi connectivity index (χ0v) is 13.3. The molecule has 1 rings (SSSR count). The predicted molar refractivity (Wildman–Crippen MR) is 80.3 cm³/mol. The molecule has 0 amide bonds.